The highest BCUT2D eigenvalue weighted by Crippen LogP contribution is 2.28. The van der Waals surface area contributed by atoms with Gasteiger partial charge in [-0.3, -0.25) is 9.64 Å². The highest BCUT2D eigenvalue weighted by molar-refractivity contribution is 4.96. The number of ether oxygens (including phenoxy) is 2. The van der Waals surface area contributed by atoms with E-state index >= 15 is 0 Å². The van der Waals surface area contributed by atoms with Crippen molar-refractivity contribution in [2.75, 3.05) is 32.8 Å². The van der Waals surface area contributed by atoms with E-state index in [-0.39, 0.29) is 19.2 Å². The first-order chi connectivity index (χ1) is 7.70. The highest BCUT2D eigenvalue weighted by Gasteiger charge is 2.46. The zero-order chi connectivity index (χ0) is 13.1. The average Bonchev–Trinajstić information content (AvgIpc) is 2.10. The van der Waals surface area contributed by atoms with E-state index in [2.05, 4.69) is 4.74 Å². The van der Waals surface area contributed by atoms with Crippen molar-refractivity contribution in [3.63, 3.8) is 0 Å². The second-order valence-electron chi connectivity index (χ2n) is 4.52. The van der Waals surface area contributed by atoms with E-state index in [1.54, 1.807) is 4.90 Å². The number of hydrogen-bond acceptors (Lipinski definition) is 3. The van der Waals surface area contributed by atoms with Gasteiger partial charge in [0, 0.05) is 19.6 Å². The second-order valence-corrected chi connectivity index (χ2v) is 4.52. The van der Waals surface area contributed by atoms with Gasteiger partial charge < -0.3 is 4.74 Å². The summed E-state index contributed by atoms with van der Waals surface area (Å²) >= 11 is 0. The molecule has 102 valence electrons. The summed E-state index contributed by atoms with van der Waals surface area (Å²) in [5.74, 6) is 0. The Hall–Kier alpha value is -0.400. The maximum Gasteiger partial charge on any atom is 0.522 e. The molecule has 0 saturated carbocycles. The van der Waals surface area contributed by atoms with Crippen LogP contribution < -0.4 is 0 Å². The first-order valence-corrected chi connectivity index (χ1v) is 5.44. The number of rotatable bonds is 6. The van der Waals surface area contributed by atoms with Crippen LogP contribution in [0, 0.1) is 0 Å². The monoisotopic (exact) mass is 259 g/mol. The van der Waals surface area contributed by atoms with Crippen molar-refractivity contribution in [1.29, 1.82) is 0 Å². The molecule has 1 aliphatic rings. The Morgan fingerprint density at radius 1 is 1.29 bits per heavy atom. The topological polar surface area (TPSA) is 21.7 Å². The van der Waals surface area contributed by atoms with Gasteiger partial charge in [-0.15, -0.1) is 13.2 Å². The zero-order valence-electron chi connectivity index (χ0n) is 9.89. The molecule has 0 aromatic carbocycles. The summed E-state index contributed by atoms with van der Waals surface area (Å²) in [6.45, 7) is 3.73. The van der Waals surface area contributed by atoms with Crippen molar-refractivity contribution in [1.82, 2.24) is 4.90 Å². The summed E-state index contributed by atoms with van der Waals surface area (Å²) in [4.78, 5) is 1.70. The van der Waals surface area contributed by atoms with Crippen LogP contribution in [0.1, 0.15) is 13.8 Å². The van der Waals surface area contributed by atoms with Gasteiger partial charge in [-0.25, -0.2) is 4.39 Å². The molecule has 0 spiro atoms. The minimum Gasteiger partial charge on any atom is -0.377 e. The van der Waals surface area contributed by atoms with E-state index < -0.39 is 18.6 Å². The quantitative estimate of drug-likeness (QED) is 0.681. The summed E-state index contributed by atoms with van der Waals surface area (Å²) in [6, 6.07) is 0. The molecular weight excluding hydrogens is 242 g/mol. The summed E-state index contributed by atoms with van der Waals surface area (Å²) < 4.78 is 57.5. The smallest absolute Gasteiger partial charge is 0.377 e. The molecule has 0 bridgehead atoms. The Kier molecular flexibility index (Phi) is 4.74. The maximum atomic E-state index is 13.6. The molecule has 0 N–H and O–H groups in total. The van der Waals surface area contributed by atoms with Crippen LogP contribution in [0.2, 0.25) is 0 Å². The molecule has 3 nitrogen and oxygen atoms in total. The van der Waals surface area contributed by atoms with Crippen LogP contribution >= 0.6 is 0 Å². The summed E-state index contributed by atoms with van der Waals surface area (Å²) in [6.07, 6.45) is -4.67. The van der Waals surface area contributed by atoms with E-state index in [1.165, 1.54) is 0 Å². The van der Waals surface area contributed by atoms with Crippen molar-refractivity contribution < 1.29 is 27.0 Å². The first-order valence-electron chi connectivity index (χ1n) is 5.44. The molecule has 7 heteroatoms. The molecule has 0 aromatic heterocycles. The van der Waals surface area contributed by atoms with Gasteiger partial charge in [0.1, 0.15) is 0 Å². The zero-order valence-corrected chi connectivity index (χ0v) is 9.89. The van der Waals surface area contributed by atoms with Crippen molar-refractivity contribution in [2.24, 2.45) is 0 Å². The molecule has 1 aliphatic heterocycles. The lowest BCUT2D eigenvalue weighted by Crippen LogP contribution is -2.62. The van der Waals surface area contributed by atoms with Crippen LogP contribution in [-0.4, -0.2) is 55.9 Å². The number of alkyl halides is 4. The van der Waals surface area contributed by atoms with Crippen LogP contribution in [-0.2, 0) is 9.47 Å². The predicted molar refractivity (Wildman–Crippen MR) is 53.4 cm³/mol. The predicted octanol–water partition coefficient (Wildman–Crippen LogP) is 1.97. The Labute approximate surface area is 97.7 Å². The molecule has 1 fully saturated rings. The van der Waals surface area contributed by atoms with E-state index in [4.69, 9.17) is 4.74 Å². The molecule has 0 amide bonds. The van der Waals surface area contributed by atoms with Crippen LogP contribution in [0.25, 0.3) is 0 Å². The standard InChI is InChI=1S/C10H17F4NO2/c1-8(2)16-4-3-15-5-9(11,6-15)7-17-10(12,13)14/h8H,3-7H2,1-2H3. The molecular formula is C10H17F4NO2. The van der Waals surface area contributed by atoms with Crippen LogP contribution in [0.4, 0.5) is 17.6 Å². The van der Waals surface area contributed by atoms with Crippen molar-refractivity contribution in [2.45, 2.75) is 32.0 Å². The van der Waals surface area contributed by atoms with Gasteiger partial charge >= 0.3 is 6.36 Å². The number of hydrogen-bond donors (Lipinski definition) is 0. The lowest BCUT2D eigenvalue weighted by molar-refractivity contribution is -0.338. The van der Waals surface area contributed by atoms with Crippen molar-refractivity contribution in [3.8, 4) is 0 Å². The van der Waals surface area contributed by atoms with E-state index in [0.717, 1.165) is 0 Å². The molecule has 1 saturated heterocycles. The van der Waals surface area contributed by atoms with Gasteiger partial charge in [0.05, 0.1) is 19.3 Å². The third-order valence-electron chi connectivity index (χ3n) is 2.37. The second kappa shape index (κ2) is 5.49. The lowest BCUT2D eigenvalue weighted by Gasteiger charge is -2.44. The third kappa shape index (κ3) is 5.65. The maximum absolute atomic E-state index is 13.6. The highest BCUT2D eigenvalue weighted by atomic mass is 19.4. The van der Waals surface area contributed by atoms with Gasteiger partial charge in [0.2, 0.25) is 0 Å². The normalized spacial score (nSPS) is 20.6. The molecule has 0 atom stereocenters. The van der Waals surface area contributed by atoms with Crippen LogP contribution in [0.5, 0.6) is 0 Å². The van der Waals surface area contributed by atoms with E-state index in [0.29, 0.717) is 13.2 Å². The van der Waals surface area contributed by atoms with Gasteiger partial charge in [0.25, 0.3) is 0 Å². The fourth-order valence-corrected chi connectivity index (χ4v) is 1.63. The fraction of sp³-hybridized carbons (Fsp3) is 1.00. The van der Waals surface area contributed by atoms with E-state index in [1.807, 2.05) is 13.8 Å². The van der Waals surface area contributed by atoms with Crippen molar-refractivity contribution >= 4 is 0 Å². The minimum absolute atomic E-state index is 0.0372. The van der Waals surface area contributed by atoms with Gasteiger partial charge in [-0.2, -0.15) is 0 Å². The largest absolute Gasteiger partial charge is 0.522 e. The molecule has 1 rings (SSSR count). The lowest BCUT2D eigenvalue weighted by atomic mass is 9.98. The SMILES string of the molecule is CC(C)OCCN1CC(F)(COC(F)(F)F)C1. The Morgan fingerprint density at radius 3 is 2.35 bits per heavy atom. The fourth-order valence-electron chi connectivity index (χ4n) is 1.63. The molecule has 1 heterocycles. The van der Waals surface area contributed by atoms with E-state index in [9.17, 15) is 17.6 Å². The average molecular weight is 259 g/mol. The van der Waals surface area contributed by atoms with Gasteiger partial charge in [-0.1, -0.05) is 0 Å². The first kappa shape index (κ1) is 14.7. The summed E-state index contributed by atoms with van der Waals surface area (Å²) in [5, 5.41) is 0. The van der Waals surface area contributed by atoms with Crippen molar-refractivity contribution in [3.05, 3.63) is 0 Å². The Balaban J connectivity index is 2.12. The molecule has 0 aliphatic carbocycles. The van der Waals surface area contributed by atoms with Crippen LogP contribution in [0.15, 0.2) is 0 Å². The Morgan fingerprint density at radius 2 is 1.88 bits per heavy atom. The summed E-state index contributed by atoms with van der Waals surface area (Å²) in [7, 11) is 0. The minimum atomic E-state index is -4.76. The summed E-state index contributed by atoms with van der Waals surface area (Å²) in [5.41, 5.74) is -1.88. The number of halogens is 4. The third-order valence-corrected chi connectivity index (χ3v) is 2.37. The molecule has 0 aromatic rings. The number of nitrogens with zero attached hydrogens (tertiary/aromatic N) is 1. The Bertz CT molecular complexity index is 239. The molecule has 0 radical (unpaired) electrons. The number of likely N-dealkylation sites (tertiary alicyclic amines) is 1. The van der Waals surface area contributed by atoms with Crippen LogP contribution in [0.3, 0.4) is 0 Å². The molecule has 0 unspecified atom stereocenters. The van der Waals surface area contributed by atoms with Gasteiger partial charge in [-0.05, 0) is 13.8 Å². The van der Waals surface area contributed by atoms with Gasteiger partial charge in [0.15, 0.2) is 5.67 Å². The molecule has 17 heavy (non-hydrogen) atoms.